The van der Waals surface area contributed by atoms with Gasteiger partial charge in [-0.3, -0.25) is 14.6 Å². The van der Waals surface area contributed by atoms with Crippen LogP contribution >= 0.6 is 23.5 Å². The number of nitrogens with two attached hydrogens (primary N) is 10. The van der Waals surface area contributed by atoms with Crippen LogP contribution in [-0.4, -0.2) is 201 Å². The molecule has 2 saturated heterocycles. The van der Waals surface area contributed by atoms with Crippen LogP contribution in [0.3, 0.4) is 0 Å². The second kappa shape index (κ2) is 28.0. The lowest BCUT2D eigenvalue weighted by Crippen LogP contribution is -2.64. The Hall–Kier alpha value is -7.44. The third-order valence-electron chi connectivity index (χ3n) is 13.1. The van der Waals surface area contributed by atoms with Gasteiger partial charge in [0.05, 0.1) is 55.4 Å². The number of carbonyl (C=O) groups excluding carboxylic acids is 1. The summed E-state index contributed by atoms with van der Waals surface area (Å²) in [7, 11) is 0. The lowest BCUT2D eigenvalue weighted by molar-refractivity contribution is -0.309. The first-order valence-corrected chi connectivity index (χ1v) is 27.6. The summed E-state index contributed by atoms with van der Waals surface area (Å²) in [6, 6.07) is 8.35. The second-order valence-corrected chi connectivity index (χ2v) is 21.4. The van der Waals surface area contributed by atoms with Crippen LogP contribution in [0.4, 0.5) is 5.69 Å². The highest BCUT2D eigenvalue weighted by Gasteiger charge is 2.53. The number of guanidine groups is 5. The Balaban J connectivity index is 0.945. The number of nitrogens with zero attached hydrogens (tertiary/aromatic N) is 5. The first-order chi connectivity index (χ1) is 39.0. The maximum absolute atomic E-state index is 13.0. The van der Waals surface area contributed by atoms with Crippen molar-refractivity contribution in [2.45, 2.75) is 98.4 Å². The number of aliphatic imine (C=N–C) groups is 5. The molecular formula is C49H68N16O15S2. The third-order valence-corrected chi connectivity index (χ3v) is 15.1. The fourth-order valence-corrected chi connectivity index (χ4v) is 11.2. The molecule has 2 aromatic rings. The molecule has 2 aromatic carbocycles. The van der Waals surface area contributed by atoms with Gasteiger partial charge in [-0.05, 0) is 48.4 Å². The molecule has 33 heteroatoms. The number of rotatable bonds is 23. The number of anilines is 1. The molecule has 82 heavy (non-hydrogen) atoms. The minimum absolute atomic E-state index is 0.0128. The second-order valence-electron chi connectivity index (χ2n) is 19.1. The number of phenolic OH excluding ortho intramolecular Hbond substituents is 1. The van der Waals surface area contributed by atoms with Crippen molar-refractivity contribution in [1.82, 2.24) is 0 Å². The molecular weight excluding hydrogens is 1120 g/mol. The highest BCUT2D eigenvalue weighted by molar-refractivity contribution is 8.00. The van der Waals surface area contributed by atoms with Crippen molar-refractivity contribution < 1.29 is 68.3 Å². The van der Waals surface area contributed by atoms with E-state index >= 15 is 0 Å². The number of carboxylic acids is 1. The summed E-state index contributed by atoms with van der Waals surface area (Å²) in [5, 5.41) is 69.8. The van der Waals surface area contributed by atoms with Gasteiger partial charge < -0.3 is 121 Å². The van der Waals surface area contributed by atoms with E-state index in [1.807, 2.05) is 0 Å². The lowest BCUT2D eigenvalue weighted by atomic mass is 9.83. The molecule has 5 aliphatic rings. The zero-order valence-electron chi connectivity index (χ0n) is 43.8. The number of carboxylic acid groups (broad SMARTS) is 1. The molecule has 0 radical (unpaired) electrons. The number of fused-ring (bicyclic) bond motifs is 2. The van der Waals surface area contributed by atoms with E-state index in [1.165, 1.54) is 53.9 Å². The number of carbonyl (C=O) groups is 2. The van der Waals surface area contributed by atoms with Crippen molar-refractivity contribution >= 4 is 81.9 Å². The predicted octanol–water partition coefficient (Wildman–Crippen LogP) is -4.31. The summed E-state index contributed by atoms with van der Waals surface area (Å²) in [5.74, 6) is -2.57. The van der Waals surface area contributed by atoms with Crippen LogP contribution in [0.25, 0.3) is 33.4 Å². The van der Waals surface area contributed by atoms with Crippen LogP contribution in [0, 0.1) is 0 Å². The van der Waals surface area contributed by atoms with E-state index in [1.54, 1.807) is 24.3 Å². The van der Waals surface area contributed by atoms with E-state index < -0.39 is 115 Å². The Kier molecular flexibility index (Phi) is 21.2. The number of thioether (sulfide) groups is 2. The number of nitrogens with one attached hydrogen (secondary N) is 1. The Morgan fingerprint density at radius 2 is 1.29 bits per heavy atom. The molecule has 1 saturated carbocycles. The number of hydrogen-bond acceptors (Lipinski definition) is 21. The van der Waals surface area contributed by atoms with E-state index in [2.05, 4.69) is 30.3 Å². The maximum Gasteiger partial charge on any atom is 0.336 e. The van der Waals surface area contributed by atoms with Gasteiger partial charge in [-0.25, -0.2) is 24.8 Å². The topological polar surface area (TPSA) is 566 Å². The third kappa shape index (κ3) is 16.0. The maximum atomic E-state index is 13.0. The summed E-state index contributed by atoms with van der Waals surface area (Å²) in [6.45, 7) is 0.296. The van der Waals surface area contributed by atoms with E-state index in [-0.39, 0.29) is 89.8 Å². The first-order valence-electron chi connectivity index (χ1n) is 25.3. The molecule has 2 aliphatic carbocycles. The summed E-state index contributed by atoms with van der Waals surface area (Å²) >= 11 is 2.59. The average molecular weight is 1190 g/mol. The highest BCUT2D eigenvalue weighted by Crippen LogP contribution is 2.43. The largest absolute Gasteiger partial charge is 0.508 e. The number of benzene rings is 3. The molecule has 0 bridgehead atoms. The van der Waals surface area contributed by atoms with E-state index in [0.29, 0.717) is 33.6 Å². The van der Waals surface area contributed by atoms with Gasteiger partial charge in [0.15, 0.2) is 47.8 Å². The smallest absolute Gasteiger partial charge is 0.336 e. The van der Waals surface area contributed by atoms with Crippen molar-refractivity contribution in [1.29, 1.82) is 0 Å². The first kappa shape index (κ1) is 62.2. The van der Waals surface area contributed by atoms with Crippen molar-refractivity contribution in [3.8, 4) is 28.2 Å². The molecule has 1 amide bonds. The van der Waals surface area contributed by atoms with Gasteiger partial charge in [0.2, 0.25) is 5.91 Å². The van der Waals surface area contributed by atoms with Crippen LogP contribution < -0.4 is 68.1 Å². The molecule has 31 nitrogen and oxygen atoms in total. The molecule has 3 aliphatic heterocycles. The fourth-order valence-electron chi connectivity index (χ4n) is 9.65. The molecule has 3 fully saturated rings. The van der Waals surface area contributed by atoms with Crippen LogP contribution in [0.5, 0.6) is 5.75 Å². The lowest BCUT2D eigenvalue weighted by Gasteiger charge is -2.47. The number of phenols is 1. The molecule has 14 atom stereocenters. The molecule has 3 heterocycles. The van der Waals surface area contributed by atoms with Gasteiger partial charge in [0.25, 0.3) is 0 Å². The Bertz CT molecular complexity index is 3060. The van der Waals surface area contributed by atoms with Crippen molar-refractivity contribution in [3.63, 3.8) is 0 Å². The monoisotopic (exact) mass is 1180 g/mol. The van der Waals surface area contributed by atoms with Crippen molar-refractivity contribution in [2.24, 2.45) is 82.3 Å². The van der Waals surface area contributed by atoms with E-state index in [4.69, 9.17) is 85.4 Å². The number of amides is 1. The van der Waals surface area contributed by atoms with E-state index in [9.17, 15) is 45.0 Å². The fraction of sp³-hybridized carbons (Fsp3) is 0.469. The van der Waals surface area contributed by atoms with Crippen LogP contribution in [0.1, 0.15) is 23.2 Å². The van der Waals surface area contributed by atoms with Crippen LogP contribution in [0.2, 0.25) is 0 Å². The number of aliphatic hydroxyl groups is 4. The van der Waals surface area contributed by atoms with E-state index in [0.717, 1.165) is 0 Å². The van der Waals surface area contributed by atoms with Crippen LogP contribution in [0.15, 0.2) is 88.8 Å². The SMILES string of the molecule is NC(N)=NC[C@H]1OC(OC2C(O)[C@@H](O[C@H]3OC(CSCCOCCSCC(=O)Nc4ccc(-c5c6ccc(=O)cc-6oc6cc(O)ccc56)c(C(=O)O)c4)[C@@H](O)C(N=C(N)N)C3O)C(N=C(N)N)C[C@@H]2N=C(N)N)[C@H](N=C(N)N)CC1O. The average Bonchev–Trinajstić information content (AvgIpc) is 2.92. The van der Waals surface area contributed by atoms with Gasteiger partial charge in [-0.15, -0.1) is 11.8 Å². The standard InChI is InChI=1S/C49H68N16O15S2/c50-45(51)60-16-32-29(68)15-28(64-48(56)57)43(77-32)79-40-26(62-46(52)53)14-27(63-47(54)55)41(39(40)72)80-44-38(71)36(65-49(58)59)37(70)33(78-44)17-81-9-7-75-8-10-82-18-34(69)61-19-1-4-22(25(11-19)42(73)74)35-23-5-2-20(66)12-30(23)76-31-13-21(67)3-6-24(31)35/h1-6,11-13,26-29,32-33,36-41,43-44,66,68,70-72H,7-10,14-18H2,(H,61,69)(H,73,74)(H4,50,51,60)(H4,52,53,62)(H4,54,55,63)(H4,56,57,64)(H4,58,59,65)/t26-,27?,28+,29?,32+,33?,36?,37+,38?,39?,40?,41-,43?,44+/m0/s1. The summed E-state index contributed by atoms with van der Waals surface area (Å²) in [4.78, 5) is 58.6. The number of aromatic hydroxyl groups is 1. The number of ether oxygens (including phenoxy) is 5. The van der Waals surface area contributed by atoms with Crippen molar-refractivity contribution in [2.75, 3.05) is 48.1 Å². The Morgan fingerprint density at radius 1 is 0.671 bits per heavy atom. The molecule has 0 aromatic heterocycles. The zero-order valence-corrected chi connectivity index (χ0v) is 45.5. The van der Waals surface area contributed by atoms with Gasteiger partial charge >= 0.3 is 5.97 Å². The normalized spacial score (nSPS) is 27.2. The number of hydrogen-bond donors (Lipinski definition) is 17. The summed E-state index contributed by atoms with van der Waals surface area (Å²) < 4.78 is 36.6. The van der Waals surface area contributed by atoms with Crippen molar-refractivity contribution in [3.05, 3.63) is 70.4 Å². The van der Waals surface area contributed by atoms with Gasteiger partial charge in [0.1, 0.15) is 65.8 Å². The zero-order chi connectivity index (χ0) is 59.5. The molecule has 0 spiro atoms. The van der Waals surface area contributed by atoms with Gasteiger partial charge in [-0.2, -0.15) is 11.8 Å². The Morgan fingerprint density at radius 3 is 1.94 bits per heavy atom. The minimum Gasteiger partial charge on any atom is -0.508 e. The minimum atomic E-state index is -1.76. The number of aliphatic hydroxyl groups excluding tert-OH is 4. The molecule has 27 N–H and O–H groups in total. The summed E-state index contributed by atoms with van der Waals surface area (Å²) in [6.07, 6.45) is -14.5. The molecule has 8 unspecified atom stereocenters. The summed E-state index contributed by atoms with van der Waals surface area (Å²) in [5.41, 5.74) is 58.5. The number of aromatic carboxylic acids is 1. The molecule has 446 valence electrons. The van der Waals surface area contributed by atoms with Crippen LogP contribution in [-0.2, 0) is 28.5 Å². The predicted molar refractivity (Wildman–Crippen MR) is 307 cm³/mol. The van der Waals surface area contributed by atoms with Gasteiger partial charge in [-0.1, -0.05) is 6.07 Å². The molecule has 7 rings (SSSR count). The quantitative estimate of drug-likeness (QED) is 0.0145. The van der Waals surface area contributed by atoms with Gasteiger partial charge in [0, 0.05) is 58.0 Å². The Labute approximate surface area is 475 Å². The highest BCUT2D eigenvalue weighted by atomic mass is 32.2.